The molecule has 1 amide bonds. The fraction of sp³-hybridized carbons (Fsp3) is 0.348. The molecule has 0 saturated carbocycles. The van der Waals surface area contributed by atoms with Crippen LogP contribution in [-0.4, -0.2) is 66.2 Å². The molecule has 0 bridgehead atoms. The number of hydrogen-bond donors (Lipinski definition) is 0. The molecule has 180 valence electrons. The van der Waals surface area contributed by atoms with Gasteiger partial charge in [-0.1, -0.05) is 17.3 Å². The van der Waals surface area contributed by atoms with Gasteiger partial charge >= 0.3 is 6.18 Å². The number of amides is 1. The number of benzene rings is 2. The molecule has 1 aromatic heterocycles. The zero-order valence-corrected chi connectivity index (χ0v) is 18.6. The first-order chi connectivity index (χ1) is 16.3. The molecule has 3 aromatic rings. The molecule has 0 unspecified atom stereocenters. The fourth-order valence-corrected chi connectivity index (χ4v) is 3.68. The molecule has 2 heterocycles. The molecule has 0 aliphatic carbocycles. The SMILES string of the molecule is COc1cc(OC)cc(C(=O)N2CCN(Cc3nc(-c4cccc(C(F)(F)F)c4)no3)CC2)c1. The van der Waals surface area contributed by atoms with Gasteiger partial charge in [0.15, 0.2) is 0 Å². The Morgan fingerprint density at radius 2 is 1.71 bits per heavy atom. The van der Waals surface area contributed by atoms with Crippen LogP contribution in [0.15, 0.2) is 47.0 Å². The molecule has 2 aromatic carbocycles. The van der Waals surface area contributed by atoms with Crippen molar-refractivity contribution in [3.05, 3.63) is 59.5 Å². The Morgan fingerprint density at radius 3 is 2.32 bits per heavy atom. The molecule has 34 heavy (non-hydrogen) atoms. The van der Waals surface area contributed by atoms with E-state index in [-0.39, 0.29) is 17.3 Å². The fourth-order valence-electron chi connectivity index (χ4n) is 3.68. The first-order valence-corrected chi connectivity index (χ1v) is 10.5. The lowest BCUT2D eigenvalue weighted by atomic mass is 10.1. The Morgan fingerprint density at radius 1 is 1.03 bits per heavy atom. The van der Waals surface area contributed by atoms with Crippen molar-refractivity contribution >= 4 is 5.91 Å². The van der Waals surface area contributed by atoms with E-state index in [9.17, 15) is 18.0 Å². The van der Waals surface area contributed by atoms with Crippen LogP contribution in [0, 0.1) is 0 Å². The van der Waals surface area contributed by atoms with Gasteiger partial charge < -0.3 is 18.9 Å². The number of alkyl halides is 3. The highest BCUT2D eigenvalue weighted by Crippen LogP contribution is 2.31. The van der Waals surface area contributed by atoms with Gasteiger partial charge in [-0.15, -0.1) is 0 Å². The summed E-state index contributed by atoms with van der Waals surface area (Å²) in [5, 5.41) is 3.82. The quantitative estimate of drug-likeness (QED) is 0.536. The van der Waals surface area contributed by atoms with Crippen LogP contribution >= 0.6 is 0 Å². The molecule has 4 rings (SSSR count). The average molecular weight is 476 g/mol. The molecule has 11 heteroatoms. The number of aromatic nitrogens is 2. The Hall–Kier alpha value is -3.60. The number of halogens is 3. The summed E-state index contributed by atoms with van der Waals surface area (Å²) < 4.78 is 54.6. The van der Waals surface area contributed by atoms with Gasteiger partial charge in [0.25, 0.3) is 5.91 Å². The molecular weight excluding hydrogens is 453 g/mol. The topological polar surface area (TPSA) is 80.9 Å². The van der Waals surface area contributed by atoms with Crippen LogP contribution in [0.3, 0.4) is 0 Å². The van der Waals surface area contributed by atoms with Gasteiger partial charge in [-0.05, 0) is 24.3 Å². The largest absolute Gasteiger partial charge is 0.497 e. The minimum atomic E-state index is -4.45. The van der Waals surface area contributed by atoms with Crippen LogP contribution in [0.5, 0.6) is 11.5 Å². The van der Waals surface area contributed by atoms with Crippen molar-refractivity contribution in [3.8, 4) is 22.9 Å². The van der Waals surface area contributed by atoms with Crippen LogP contribution in [0.2, 0.25) is 0 Å². The number of carbonyl (C=O) groups excluding carboxylic acids is 1. The van der Waals surface area contributed by atoms with Crippen molar-refractivity contribution in [1.82, 2.24) is 19.9 Å². The first kappa shape index (κ1) is 23.6. The molecule has 1 aliphatic heterocycles. The number of hydrogen-bond acceptors (Lipinski definition) is 7. The number of rotatable bonds is 6. The Labute approximate surface area is 193 Å². The molecule has 0 spiro atoms. The highest BCUT2D eigenvalue weighted by Gasteiger charge is 2.31. The van der Waals surface area contributed by atoms with Gasteiger partial charge in [0.05, 0.1) is 26.3 Å². The zero-order valence-electron chi connectivity index (χ0n) is 18.6. The first-order valence-electron chi connectivity index (χ1n) is 10.5. The summed E-state index contributed by atoms with van der Waals surface area (Å²) >= 11 is 0. The summed E-state index contributed by atoms with van der Waals surface area (Å²) in [5.41, 5.74) is -0.0629. The third kappa shape index (κ3) is 5.30. The van der Waals surface area contributed by atoms with Crippen molar-refractivity contribution in [2.45, 2.75) is 12.7 Å². The van der Waals surface area contributed by atoms with Crippen molar-refractivity contribution in [2.75, 3.05) is 40.4 Å². The van der Waals surface area contributed by atoms with Crippen molar-refractivity contribution in [1.29, 1.82) is 0 Å². The van der Waals surface area contributed by atoms with Crippen LogP contribution in [0.4, 0.5) is 13.2 Å². The number of ether oxygens (including phenoxy) is 2. The number of carbonyl (C=O) groups is 1. The second-order valence-electron chi connectivity index (χ2n) is 7.76. The second-order valence-corrected chi connectivity index (χ2v) is 7.76. The van der Waals surface area contributed by atoms with E-state index in [4.69, 9.17) is 14.0 Å². The second kappa shape index (κ2) is 9.72. The number of methoxy groups -OCH3 is 2. The molecular formula is C23H23F3N4O4. The third-order valence-corrected chi connectivity index (χ3v) is 5.53. The van der Waals surface area contributed by atoms with Crippen molar-refractivity contribution in [3.63, 3.8) is 0 Å². The average Bonchev–Trinajstić information content (AvgIpc) is 3.31. The number of piperazine rings is 1. The van der Waals surface area contributed by atoms with Crippen molar-refractivity contribution < 1.29 is 32.0 Å². The lowest BCUT2D eigenvalue weighted by molar-refractivity contribution is -0.137. The number of nitrogens with zero attached hydrogens (tertiary/aromatic N) is 4. The van der Waals surface area contributed by atoms with E-state index in [0.29, 0.717) is 55.7 Å². The summed E-state index contributed by atoms with van der Waals surface area (Å²) in [6.45, 7) is 2.48. The van der Waals surface area contributed by atoms with Gasteiger partial charge in [-0.3, -0.25) is 9.69 Å². The van der Waals surface area contributed by atoms with E-state index >= 15 is 0 Å². The summed E-state index contributed by atoms with van der Waals surface area (Å²) in [5.74, 6) is 1.34. The van der Waals surface area contributed by atoms with Crippen LogP contribution < -0.4 is 9.47 Å². The van der Waals surface area contributed by atoms with E-state index in [1.165, 1.54) is 26.4 Å². The van der Waals surface area contributed by atoms with Crippen LogP contribution in [0.1, 0.15) is 21.8 Å². The van der Waals surface area contributed by atoms with E-state index in [2.05, 4.69) is 10.1 Å². The lowest BCUT2D eigenvalue weighted by Crippen LogP contribution is -2.48. The van der Waals surface area contributed by atoms with Gasteiger partial charge in [-0.25, -0.2) is 0 Å². The third-order valence-electron chi connectivity index (χ3n) is 5.53. The monoisotopic (exact) mass is 476 g/mol. The van der Waals surface area contributed by atoms with E-state index in [0.717, 1.165) is 12.1 Å². The van der Waals surface area contributed by atoms with Gasteiger partial charge in [-0.2, -0.15) is 18.2 Å². The molecule has 8 nitrogen and oxygen atoms in total. The van der Waals surface area contributed by atoms with E-state index in [1.807, 2.05) is 4.90 Å². The van der Waals surface area contributed by atoms with E-state index in [1.54, 1.807) is 23.1 Å². The summed E-state index contributed by atoms with van der Waals surface area (Å²) in [7, 11) is 3.05. The molecule has 0 atom stereocenters. The minimum Gasteiger partial charge on any atom is -0.497 e. The zero-order chi connectivity index (χ0) is 24.3. The summed E-state index contributed by atoms with van der Waals surface area (Å²) in [6.07, 6.45) is -4.45. The lowest BCUT2D eigenvalue weighted by Gasteiger charge is -2.34. The Kier molecular flexibility index (Phi) is 6.73. The predicted octanol–water partition coefficient (Wildman–Crippen LogP) is 3.73. The molecule has 1 saturated heterocycles. The Balaban J connectivity index is 1.36. The highest BCUT2D eigenvalue weighted by molar-refractivity contribution is 5.95. The molecule has 1 fully saturated rings. The van der Waals surface area contributed by atoms with Gasteiger partial charge in [0, 0.05) is 43.4 Å². The molecule has 0 N–H and O–H groups in total. The predicted molar refractivity (Wildman–Crippen MR) is 115 cm³/mol. The Bertz CT molecular complexity index is 1130. The summed E-state index contributed by atoms with van der Waals surface area (Å²) in [6, 6.07) is 9.84. The van der Waals surface area contributed by atoms with Crippen LogP contribution in [-0.2, 0) is 12.7 Å². The van der Waals surface area contributed by atoms with Crippen LogP contribution in [0.25, 0.3) is 11.4 Å². The summed E-state index contributed by atoms with van der Waals surface area (Å²) in [4.78, 5) is 21.0. The van der Waals surface area contributed by atoms with Gasteiger partial charge in [0.2, 0.25) is 11.7 Å². The maximum atomic E-state index is 13.0. The molecule has 1 aliphatic rings. The maximum absolute atomic E-state index is 13.0. The normalized spacial score (nSPS) is 14.8. The van der Waals surface area contributed by atoms with E-state index < -0.39 is 11.7 Å². The molecule has 0 radical (unpaired) electrons. The minimum absolute atomic E-state index is 0.0990. The smallest absolute Gasteiger partial charge is 0.416 e. The van der Waals surface area contributed by atoms with Gasteiger partial charge in [0.1, 0.15) is 11.5 Å². The van der Waals surface area contributed by atoms with Crippen molar-refractivity contribution in [2.24, 2.45) is 0 Å². The highest BCUT2D eigenvalue weighted by atomic mass is 19.4. The standard InChI is InChI=1S/C23H23F3N4O4/c1-32-18-11-16(12-19(13-18)33-2)22(31)30-8-6-29(7-9-30)14-20-27-21(28-34-20)15-4-3-5-17(10-15)23(24,25)26/h3-5,10-13H,6-9,14H2,1-2H3. The maximum Gasteiger partial charge on any atom is 0.416 e.